The Hall–Kier alpha value is -0.320. The normalized spacial score (nSPS) is 16.4. The fraction of sp³-hybridized carbons (Fsp3) is 0.909. The molecule has 0 aromatic rings. The molecular weight excluding hydrogens is 228 g/mol. The van der Waals surface area contributed by atoms with Crippen LogP contribution in [0, 0.1) is 5.92 Å². The van der Waals surface area contributed by atoms with Gasteiger partial charge in [-0.2, -0.15) is 0 Å². The van der Waals surface area contributed by atoms with Crippen LogP contribution in [0.3, 0.4) is 0 Å². The predicted molar refractivity (Wildman–Crippen MR) is 66.7 cm³/mol. The Kier molecular flexibility index (Phi) is 7.72. The number of carbonyl (C=O) groups is 1. The maximum absolute atomic E-state index is 11.5. The molecule has 0 radical (unpaired) electrons. The zero-order chi connectivity index (χ0) is 11.3. The molecule has 1 unspecified atom stereocenters. The fourth-order valence-corrected chi connectivity index (χ4v) is 1.29. The molecule has 1 fully saturated rings. The smallest absolute Gasteiger partial charge is 0.223 e. The van der Waals surface area contributed by atoms with Crippen molar-refractivity contribution in [2.45, 2.75) is 32.2 Å². The molecule has 1 rings (SSSR count). The van der Waals surface area contributed by atoms with E-state index in [-0.39, 0.29) is 24.4 Å². The maximum Gasteiger partial charge on any atom is 0.223 e. The zero-order valence-electron chi connectivity index (χ0n) is 10.1. The van der Waals surface area contributed by atoms with Crippen molar-refractivity contribution in [3.8, 4) is 0 Å². The van der Waals surface area contributed by atoms with Crippen LogP contribution in [0.4, 0.5) is 0 Å². The lowest BCUT2D eigenvalue weighted by atomic mass is 10.2. The van der Waals surface area contributed by atoms with Crippen molar-refractivity contribution in [2.75, 3.05) is 26.8 Å². The first-order valence-electron chi connectivity index (χ1n) is 5.67. The highest BCUT2D eigenvalue weighted by atomic mass is 35.5. The predicted octanol–water partition coefficient (Wildman–Crippen LogP) is 1.03. The molecule has 16 heavy (non-hydrogen) atoms. The van der Waals surface area contributed by atoms with Gasteiger partial charge in [0.25, 0.3) is 0 Å². The van der Waals surface area contributed by atoms with E-state index in [1.807, 2.05) is 6.92 Å². The molecule has 5 heteroatoms. The van der Waals surface area contributed by atoms with Crippen molar-refractivity contribution in [2.24, 2.45) is 11.7 Å². The monoisotopic (exact) mass is 250 g/mol. The van der Waals surface area contributed by atoms with Crippen LogP contribution in [0.1, 0.15) is 26.2 Å². The van der Waals surface area contributed by atoms with Crippen LogP contribution >= 0.6 is 12.4 Å². The van der Waals surface area contributed by atoms with Gasteiger partial charge in [-0.25, -0.2) is 0 Å². The molecule has 96 valence electrons. The highest BCUT2D eigenvalue weighted by Crippen LogP contribution is 2.28. The Morgan fingerprint density at radius 2 is 2.19 bits per heavy atom. The second-order valence-electron chi connectivity index (χ2n) is 4.51. The molecule has 4 nitrogen and oxygen atoms in total. The number of nitrogens with zero attached hydrogens (tertiary/aromatic N) is 1. The number of halogens is 1. The number of hydrogen-bond acceptors (Lipinski definition) is 3. The quantitative estimate of drug-likeness (QED) is 0.687. The number of likely N-dealkylation sites (N-methyl/N-ethyl adjacent to an activating group) is 1. The molecule has 1 atom stereocenters. The molecule has 1 aliphatic rings. The lowest BCUT2D eigenvalue weighted by molar-refractivity contribution is -0.130. The van der Waals surface area contributed by atoms with E-state index in [2.05, 4.69) is 0 Å². The first-order chi connectivity index (χ1) is 7.09. The first-order valence-corrected chi connectivity index (χ1v) is 5.67. The van der Waals surface area contributed by atoms with Gasteiger partial charge in [0.1, 0.15) is 0 Å². The summed E-state index contributed by atoms with van der Waals surface area (Å²) in [5.41, 5.74) is 5.56. The molecule has 0 saturated heterocycles. The van der Waals surface area contributed by atoms with Crippen LogP contribution in [-0.2, 0) is 9.53 Å². The van der Waals surface area contributed by atoms with E-state index in [1.165, 1.54) is 12.8 Å². The van der Waals surface area contributed by atoms with Gasteiger partial charge in [-0.15, -0.1) is 12.4 Å². The number of amides is 1. The second-order valence-corrected chi connectivity index (χ2v) is 4.51. The van der Waals surface area contributed by atoms with Crippen LogP contribution in [-0.4, -0.2) is 43.7 Å². The average Bonchev–Trinajstić information content (AvgIpc) is 2.94. The average molecular weight is 251 g/mol. The summed E-state index contributed by atoms with van der Waals surface area (Å²) >= 11 is 0. The summed E-state index contributed by atoms with van der Waals surface area (Å²) in [6.45, 7) is 4.00. The molecular formula is C11H23ClN2O2. The topological polar surface area (TPSA) is 55.6 Å². The molecule has 0 spiro atoms. The van der Waals surface area contributed by atoms with Gasteiger partial charge in [0.05, 0.1) is 6.61 Å². The Balaban J connectivity index is 0.00000225. The van der Waals surface area contributed by atoms with Crippen molar-refractivity contribution < 1.29 is 9.53 Å². The minimum absolute atomic E-state index is 0. The van der Waals surface area contributed by atoms with Crippen LogP contribution in [0.25, 0.3) is 0 Å². The number of ether oxygens (including phenoxy) is 1. The van der Waals surface area contributed by atoms with Gasteiger partial charge in [0, 0.05) is 32.7 Å². The number of hydrogen-bond donors (Lipinski definition) is 1. The van der Waals surface area contributed by atoms with Gasteiger partial charge >= 0.3 is 0 Å². The van der Waals surface area contributed by atoms with Crippen molar-refractivity contribution in [1.82, 2.24) is 4.90 Å². The first kappa shape index (κ1) is 15.7. The maximum atomic E-state index is 11.5. The summed E-state index contributed by atoms with van der Waals surface area (Å²) in [6, 6.07) is -0.0627. The Morgan fingerprint density at radius 3 is 2.69 bits per heavy atom. The summed E-state index contributed by atoms with van der Waals surface area (Å²) in [4.78, 5) is 13.2. The lowest BCUT2D eigenvalue weighted by Crippen LogP contribution is -2.34. The minimum Gasteiger partial charge on any atom is -0.379 e. The summed E-state index contributed by atoms with van der Waals surface area (Å²) < 4.78 is 5.46. The SMILES string of the molecule is CC(N)CC(=O)N(C)CCOCC1CC1.Cl. The van der Waals surface area contributed by atoms with E-state index in [0.29, 0.717) is 19.6 Å². The van der Waals surface area contributed by atoms with E-state index in [9.17, 15) is 4.79 Å². The van der Waals surface area contributed by atoms with Gasteiger partial charge in [0.15, 0.2) is 0 Å². The molecule has 1 aliphatic carbocycles. The summed E-state index contributed by atoms with van der Waals surface area (Å²) in [5.74, 6) is 0.884. The lowest BCUT2D eigenvalue weighted by Gasteiger charge is -2.18. The molecule has 0 aromatic carbocycles. The third-order valence-corrected chi connectivity index (χ3v) is 2.54. The Labute approximate surface area is 104 Å². The minimum atomic E-state index is -0.0627. The summed E-state index contributed by atoms with van der Waals surface area (Å²) in [7, 11) is 1.80. The molecule has 1 saturated carbocycles. The van der Waals surface area contributed by atoms with Crippen molar-refractivity contribution >= 4 is 18.3 Å². The summed E-state index contributed by atoms with van der Waals surface area (Å²) in [5, 5.41) is 0. The second kappa shape index (κ2) is 7.87. The third-order valence-electron chi connectivity index (χ3n) is 2.54. The zero-order valence-corrected chi connectivity index (χ0v) is 11.0. The Morgan fingerprint density at radius 1 is 1.56 bits per heavy atom. The van der Waals surface area contributed by atoms with Crippen LogP contribution in [0.15, 0.2) is 0 Å². The standard InChI is InChI=1S/C11H22N2O2.ClH/c1-9(12)7-11(14)13(2)5-6-15-8-10-3-4-10;/h9-10H,3-8,12H2,1-2H3;1H. The molecule has 0 aromatic heterocycles. The van der Waals surface area contributed by atoms with Gasteiger partial charge in [-0.05, 0) is 25.7 Å². The van der Waals surface area contributed by atoms with E-state index in [1.54, 1.807) is 11.9 Å². The van der Waals surface area contributed by atoms with Gasteiger partial charge in [-0.3, -0.25) is 4.79 Å². The van der Waals surface area contributed by atoms with Gasteiger partial charge in [0.2, 0.25) is 5.91 Å². The van der Waals surface area contributed by atoms with Crippen molar-refractivity contribution in [3.63, 3.8) is 0 Å². The van der Waals surface area contributed by atoms with Crippen molar-refractivity contribution in [3.05, 3.63) is 0 Å². The molecule has 1 amide bonds. The largest absolute Gasteiger partial charge is 0.379 e. The van der Waals surface area contributed by atoms with E-state index < -0.39 is 0 Å². The number of rotatable bonds is 7. The highest BCUT2D eigenvalue weighted by molar-refractivity contribution is 5.85. The molecule has 0 heterocycles. The Bertz CT molecular complexity index is 208. The van der Waals surface area contributed by atoms with Crippen LogP contribution in [0.2, 0.25) is 0 Å². The van der Waals surface area contributed by atoms with Crippen molar-refractivity contribution in [1.29, 1.82) is 0 Å². The third kappa shape index (κ3) is 7.04. The van der Waals surface area contributed by atoms with E-state index in [4.69, 9.17) is 10.5 Å². The molecule has 2 N–H and O–H groups in total. The highest BCUT2D eigenvalue weighted by Gasteiger charge is 2.21. The summed E-state index contributed by atoms with van der Waals surface area (Å²) in [6.07, 6.45) is 3.03. The van der Waals surface area contributed by atoms with Gasteiger partial charge in [-0.1, -0.05) is 0 Å². The molecule has 0 bridgehead atoms. The van der Waals surface area contributed by atoms with E-state index in [0.717, 1.165) is 12.5 Å². The van der Waals surface area contributed by atoms with Crippen LogP contribution < -0.4 is 5.73 Å². The fourth-order valence-electron chi connectivity index (χ4n) is 1.29. The molecule has 0 aliphatic heterocycles. The number of nitrogens with two attached hydrogens (primary N) is 1. The van der Waals surface area contributed by atoms with E-state index >= 15 is 0 Å². The number of carbonyl (C=O) groups excluding carboxylic acids is 1. The van der Waals surface area contributed by atoms with Gasteiger partial charge < -0.3 is 15.4 Å². The van der Waals surface area contributed by atoms with Crippen LogP contribution in [0.5, 0.6) is 0 Å².